The fourth-order valence-electron chi connectivity index (χ4n) is 4.73. The van der Waals surface area contributed by atoms with Gasteiger partial charge in [0, 0.05) is 31.7 Å². The molecule has 0 aliphatic carbocycles. The SMILES string of the molecule is Cc1c([C@@H]2CN3CCN(C(=O)O)C[C@H]3C(C(C)(C)C)O2)ccc2c1COC2=O. The van der Waals surface area contributed by atoms with Gasteiger partial charge in [-0.1, -0.05) is 26.8 Å². The number of ether oxygens (including phenoxy) is 2. The average Bonchev–Trinajstić information content (AvgIpc) is 3.01. The monoisotopic (exact) mass is 388 g/mol. The summed E-state index contributed by atoms with van der Waals surface area (Å²) in [5.41, 5.74) is 3.62. The standard InChI is InChI=1S/C21H28N2O5/c1-12-13(5-6-14-15(12)11-27-19(14)24)17-10-22-7-8-23(20(25)26)9-16(22)18(28-17)21(2,3)4/h5-6,16-18H,7-11H2,1-4H3,(H,25,26)/t16-,17-,18?/m0/s1. The number of amides is 1. The highest BCUT2D eigenvalue weighted by atomic mass is 16.5. The zero-order chi connectivity index (χ0) is 20.2. The predicted molar refractivity (Wildman–Crippen MR) is 102 cm³/mol. The van der Waals surface area contributed by atoms with Crippen LogP contribution in [0.2, 0.25) is 0 Å². The van der Waals surface area contributed by atoms with E-state index in [2.05, 4.69) is 25.7 Å². The number of morpholine rings is 1. The zero-order valence-corrected chi connectivity index (χ0v) is 16.9. The topological polar surface area (TPSA) is 79.3 Å². The van der Waals surface area contributed by atoms with Crippen molar-refractivity contribution in [3.8, 4) is 0 Å². The molecule has 7 heteroatoms. The summed E-state index contributed by atoms with van der Waals surface area (Å²) < 4.78 is 11.8. The Labute approximate surface area is 165 Å². The number of rotatable bonds is 1. The van der Waals surface area contributed by atoms with Crippen LogP contribution in [-0.2, 0) is 16.1 Å². The first-order valence-electron chi connectivity index (χ1n) is 9.83. The first-order chi connectivity index (χ1) is 13.2. The Hall–Kier alpha value is -2.12. The van der Waals surface area contributed by atoms with Gasteiger partial charge in [-0.3, -0.25) is 4.90 Å². The third-order valence-corrected chi connectivity index (χ3v) is 6.27. The van der Waals surface area contributed by atoms with Gasteiger partial charge in [-0.15, -0.1) is 0 Å². The van der Waals surface area contributed by atoms with E-state index in [1.807, 2.05) is 19.1 Å². The first-order valence-corrected chi connectivity index (χ1v) is 9.83. The Morgan fingerprint density at radius 2 is 1.96 bits per heavy atom. The Kier molecular flexibility index (Phi) is 4.62. The van der Waals surface area contributed by atoms with Crippen molar-refractivity contribution in [3.05, 3.63) is 34.4 Å². The van der Waals surface area contributed by atoms with Crippen LogP contribution >= 0.6 is 0 Å². The molecule has 2 saturated heterocycles. The van der Waals surface area contributed by atoms with Gasteiger partial charge in [-0.05, 0) is 29.5 Å². The Bertz CT molecular complexity index is 816. The molecule has 3 aliphatic rings. The quantitative estimate of drug-likeness (QED) is 0.746. The number of hydrogen-bond acceptors (Lipinski definition) is 5. The van der Waals surface area contributed by atoms with Crippen molar-refractivity contribution in [2.24, 2.45) is 5.41 Å². The molecule has 7 nitrogen and oxygen atoms in total. The van der Waals surface area contributed by atoms with Gasteiger partial charge in [-0.2, -0.15) is 0 Å². The molecule has 1 aromatic rings. The number of benzene rings is 1. The highest BCUT2D eigenvalue weighted by molar-refractivity contribution is 5.93. The van der Waals surface area contributed by atoms with E-state index >= 15 is 0 Å². The van der Waals surface area contributed by atoms with E-state index in [-0.39, 0.29) is 29.6 Å². The van der Waals surface area contributed by atoms with Gasteiger partial charge in [-0.25, -0.2) is 9.59 Å². The largest absolute Gasteiger partial charge is 0.465 e. The number of cyclic esters (lactones) is 1. The maximum Gasteiger partial charge on any atom is 0.407 e. The van der Waals surface area contributed by atoms with Crippen LogP contribution in [0.15, 0.2) is 12.1 Å². The summed E-state index contributed by atoms with van der Waals surface area (Å²) in [4.78, 5) is 27.2. The second kappa shape index (κ2) is 6.74. The summed E-state index contributed by atoms with van der Waals surface area (Å²) in [6.45, 7) is 11.2. The lowest BCUT2D eigenvalue weighted by atomic mass is 9.81. The molecule has 2 fully saturated rings. The fourth-order valence-corrected chi connectivity index (χ4v) is 4.73. The molecular weight excluding hydrogens is 360 g/mol. The van der Waals surface area contributed by atoms with Crippen LogP contribution in [0.1, 0.15) is 53.9 Å². The van der Waals surface area contributed by atoms with Crippen LogP contribution < -0.4 is 0 Å². The van der Waals surface area contributed by atoms with Crippen molar-refractivity contribution >= 4 is 12.1 Å². The van der Waals surface area contributed by atoms with Crippen LogP contribution in [0.25, 0.3) is 0 Å². The normalized spacial score (nSPS) is 27.9. The van der Waals surface area contributed by atoms with Crippen LogP contribution in [-0.4, -0.2) is 65.3 Å². The van der Waals surface area contributed by atoms with E-state index in [1.165, 1.54) is 4.90 Å². The molecule has 1 aromatic carbocycles. The van der Waals surface area contributed by atoms with Gasteiger partial charge >= 0.3 is 12.1 Å². The number of carbonyl (C=O) groups is 2. The molecular formula is C21H28N2O5. The minimum atomic E-state index is -0.867. The smallest absolute Gasteiger partial charge is 0.407 e. The zero-order valence-electron chi connectivity index (χ0n) is 16.9. The van der Waals surface area contributed by atoms with Crippen molar-refractivity contribution in [2.75, 3.05) is 26.2 Å². The molecule has 3 atom stereocenters. The van der Waals surface area contributed by atoms with Gasteiger partial charge < -0.3 is 19.5 Å². The number of carboxylic acid groups (broad SMARTS) is 1. The summed E-state index contributed by atoms with van der Waals surface area (Å²) in [6.07, 6.45) is -1.08. The highest BCUT2D eigenvalue weighted by Gasteiger charge is 2.46. The second-order valence-electron chi connectivity index (χ2n) is 9.08. The molecule has 0 spiro atoms. The van der Waals surface area contributed by atoms with Crippen LogP contribution in [0, 0.1) is 12.3 Å². The number of esters is 1. The van der Waals surface area contributed by atoms with Crippen molar-refractivity contribution in [1.82, 2.24) is 9.80 Å². The van der Waals surface area contributed by atoms with Crippen molar-refractivity contribution in [2.45, 2.75) is 52.6 Å². The molecule has 152 valence electrons. The lowest BCUT2D eigenvalue weighted by Crippen LogP contribution is -2.65. The molecule has 1 amide bonds. The molecule has 0 saturated carbocycles. The van der Waals surface area contributed by atoms with Crippen molar-refractivity contribution in [1.29, 1.82) is 0 Å². The molecule has 3 heterocycles. The van der Waals surface area contributed by atoms with Gasteiger partial charge in [0.25, 0.3) is 0 Å². The van der Waals surface area contributed by atoms with E-state index in [0.29, 0.717) is 31.8 Å². The van der Waals surface area contributed by atoms with Crippen molar-refractivity contribution < 1.29 is 24.2 Å². The molecule has 28 heavy (non-hydrogen) atoms. The summed E-state index contributed by atoms with van der Waals surface area (Å²) in [7, 11) is 0. The molecule has 4 rings (SSSR count). The number of nitrogens with zero attached hydrogens (tertiary/aromatic N) is 2. The minimum absolute atomic E-state index is 0.0424. The summed E-state index contributed by atoms with van der Waals surface area (Å²) in [6, 6.07) is 3.87. The van der Waals surface area contributed by atoms with E-state index in [4.69, 9.17) is 9.47 Å². The minimum Gasteiger partial charge on any atom is -0.465 e. The molecule has 1 unspecified atom stereocenters. The first kappa shape index (κ1) is 19.2. The van der Waals surface area contributed by atoms with E-state index in [1.54, 1.807) is 0 Å². The maximum atomic E-state index is 11.8. The average molecular weight is 388 g/mol. The van der Waals surface area contributed by atoms with Crippen molar-refractivity contribution in [3.63, 3.8) is 0 Å². The predicted octanol–water partition coefficient (Wildman–Crippen LogP) is 2.82. The lowest BCUT2D eigenvalue weighted by molar-refractivity contribution is -0.173. The Morgan fingerprint density at radius 1 is 1.21 bits per heavy atom. The highest BCUT2D eigenvalue weighted by Crippen LogP contribution is 2.40. The maximum absolute atomic E-state index is 11.8. The summed E-state index contributed by atoms with van der Waals surface area (Å²) >= 11 is 0. The molecule has 1 N–H and O–H groups in total. The van der Waals surface area contributed by atoms with Gasteiger partial charge in [0.05, 0.1) is 23.8 Å². The number of fused-ring (bicyclic) bond motifs is 2. The third-order valence-electron chi connectivity index (χ3n) is 6.27. The van der Waals surface area contributed by atoms with Crippen LogP contribution in [0.4, 0.5) is 4.79 Å². The van der Waals surface area contributed by atoms with Gasteiger partial charge in [0.1, 0.15) is 6.61 Å². The summed E-state index contributed by atoms with van der Waals surface area (Å²) in [5.74, 6) is -0.258. The lowest BCUT2D eigenvalue weighted by Gasteiger charge is -2.53. The van der Waals surface area contributed by atoms with E-state index < -0.39 is 6.09 Å². The Morgan fingerprint density at radius 3 is 2.64 bits per heavy atom. The van der Waals surface area contributed by atoms with E-state index in [0.717, 1.165) is 23.2 Å². The fraction of sp³-hybridized carbons (Fsp3) is 0.619. The molecule has 0 radical (unpaired) electrons. The number of hydrogen-bond donors (Lipinski definition) is 1. The van der Waals surface area contributed by atoms with Gasteiger partial charge in [0.2, 0.25) is 0 Å². The number of piperazine rings is 1. The van der Waals surface area contributed by atoms with Crippen LogP contribution in [0.5, 0.6) is 0 Å². The molecule has 0 bridgehead atoms. The summed E-state index contributed by atoms with van der Waals surface area (Å²) in [5, 5.41) is 9.42. The molecule has 3 aliphatic heterocycles. The van der Waals surface area contributed by atoms with Crippen LogP contribution in [0.3, 0.4) is 0 Å². The molecule has 0 aromatic heterocycles. The van der Waals surface area contributed by atoms with E-state index in [9.17, 15) is 14.7 Å². The van der Waals surface area contributed by atoms with Gasteiger partial charge in [0.15, 0.2) is 0 Å². The third kappa shape index (κ3) is 3.16. The second-order valence-corrected chi connectivity index (χ2v) is 9.08. The number of carbonyl (C=O) groups excluding carboxylic acids is 1. The Balaban J connectivity index is 1.65.